The average molecular weight is 356 g/mol. The van der Waals surface area contributed by atoms with Gasteiger partial charge in [-0.15, -0.1) is 0 Å². The van der Waals surface area contributed by atoms with Crippen molar-refractivity contribution in [1.29, 1.82) is 0 Å². The topological polar surface area (TPSA) is 60.0 Å². The first-order chi connectivity index (χ1) is 12.5. The molecule has 1 aliphatic rings. The summed E-state index contributed by atoms with van der Waals surface area (Å²) in [7, 11) is 3.51. The van der Waals surface area contributed by atoms with Gasteiger partial charge in [0.25, 0.3) is 0 Å². The Bertz CT molecular complexity index is 806. The Labute approximate surface area is 153 Å². The monoisotopic (exact) mass is 356 g/mol. The highest BCUT2D eigenvalue weighted by Crippen LogP contribution is 2.33. The molecule has 0 aromatic heterocycles. The van der Waals surface area contributed by atoms with Crippen molar-refractivity contribution in [3.8, 4) is 17.2 Å². The molecule has 1 atom stereocenters. The summed E-state index contributed by atoms with van der Waals surface area (Å²) in [6.45, 7) is 4.73. The van der Waals surface area contributed by atoms with Crippen LogP contribution in [0.4, 0.5) is 5.69 Å². The zero-order valence-corrected chi connectivity index (χ0v) is 15.5. The zero-order chi connectivity index (χ0) is 18.7. The number of likely N-dealkylation sites (N-methyl/N-ethyl adjacent to an activating group) is 1. The summed E-state index contributed by atoms with van der Waals surface area (Å²) < 4.78 is 16.1. The molecule has 0 bridgehead atoms. The minimum absolute atomic E-state index is 0.0860. The minimum Gasteiger partial charge on any atom is -0.495 e. The molecule has 2 aromatic rings. The van der Waals surface area contributed by atoms with E-state index in [0.717, 1.165) is 22.6 Å². The summed E-state index contributed by atoms with van der Waals surface area (Å²) in [5.74, 6) is 2.07. The molecule has 1 heterocycles. The summed E-state index contributed by atoms with van der Waals surface area (Å²) in [6, 6.07) is 11.2. The second-order valence-electron chi connectivity index (χ2n) is 6.47. The lowest BCUT2D eigenvalue weighted by molar-refractivity contribution is -0.120. The molecule has 3 rings (SSSR count). The minimum atomic E-state index is -0.314. The zero-order valence-electron chi connectivity index (χ0n) is 15.5. The number of anilines is 1. The van der Waals surface area contributed by atoms with Crippen LogP contribution in [0.1, 0.15) is 18.1 Å². The molecule has 1 unspecified atom stereocenters. The molecule has 0 saturated carbocycles. The Kier molecular flexibility index (Phi) is 5.32. The molecule has 0 radical (unpaired) electrons. The maximum atomic E-state index is 12.7. The van der Waals surface area contributed by atoms with E-state index in [1.54, 1.807) is 7.11 Å². The predicted octanol–water partition coefficient (Wildman–Crippen LogP) is 3.19. The molecule has 1 aliphatic heterocycles. The SMILES string of the molecule is COc1ccc(C)cc1NC(=O)C(C)N(C)Cc1ccc2c(c1)OCO2. The largest absolute Gasteiger partial charge is 0.495 e. The number of carbonyl (C=O) groups is 1. The van der Waals surface area contributed by atoms with Gasteiger partial charge in [-0.3, -0.25) is 9.69 Å². The lowest BCUT2D eigenvalue weighted by atomic mass is 10.1. The Balaban J connectivity index is 1.65. The number of hydrogen-bond acceptors (Lipinski definition) is 5. The van der Waals surface area contributed by atoms with E-state index in [9.17, 15) is 4.79 Å². The predicted molar refractivity (Wildman–Crippen MR) is 99.9 cm³/mol. The number of rotatable bonds is 6. The van der Waals surface area contributed by atoms with Crippen LogP contribution in [0.3, 0.4) is 0 Å². The first-order valence-corrected chi connectivity index (χ1v) is 8.52. The highest BCUT2D eigenvalue weighted by Gasteiger charge is 2.21. The van der Waals surface area contributed by atoms with Crippen molar-refractivity contribution >= 4 is 11.6 Å². The van der Waals surface area contributed by atoms with Crippen molar-refractivity contribution in [2.24, 2.45) is 0 Å². The van der Waals surface area contributed by atoms with Crippen LogP contribution in [0.2, 0.25) is 0 Å². The molecule has 0 fully saturated rings. The number of benzene rings is 2. The molecule has 0 spiro atoms. The summed E-state index contributed by atoms with van der Waals surface area (Å²) in [5, 5.41) is 2.96. The first-order valence-electron chi connectivity index (χ1n) is 8.52. The summed E-state index contributed by atoms with van der Waals surface area (Å²) >= 11 is 0. The van der Waals surface area contributed by atoms with Crippen molar-refractivity contribution < 1.29 is 19.0 Å². The lowest BCUT2D eigenvalue weighted by Gasteiger charge is -2.24. The van der Waals surface area contributed by atoms with Gasteiger partial charge < -0.3 is 19.5 Å². The van der Waals surface area contributed by atoms with Crippen LogP contribution in [-0.2, 0) is 11.3 Å². The van der Waals surface area contributed by atoms with Gasteiger partial charge in [-0.05, 0) is 56.3 Å². The molecule has 2 aromatic carbocycles. The maximum Gasteiger partial charge on any atom is 0.241 e. The molecular weight excluding hydrogens is 332 g/mol. The van der Waals surface area contributed by atoms with E-state index in [1.807, 2.05) is 62.2 Å². The van der Waals surface area contributed by atoms with Crippen LogP contribution in [0, 0.1) is 6.92 Å². The number of fused-ring (bicyclic) bond motifs is 1. The Morgan fingerprint density at radius 2 is 2.00 bits per heavy atom. The molecule has 0 saturated heterocycles. The van der Waals surface area contributed by atoms with Gasteiger partial charge in [0, 0.05) is 6.54 Å². The highest BCUT2D eigenvalue weighted by molar-refractivity contribution is 5.95. The van der Waals surface area contributed by atoms with Crippen molar-refractivity contribution in [3.05, 3.63) is 47.5 Å². The van der Waals surface area contributed by atoms with Crippen LogP contribution in [0.15, 0.2) is 36.4 Å². The van der Waals surface area contributed by atoms with Gasteiger partial charge in [0.1, 0.15) is 5.75 Å². The standard InChI is InChI=1S/C20H24N2O4/c1-13-5-7-17(24-4)16(9-13)21-20(23)14(2)22(3)11-15-6-8-18-19(10-15)26-12-25-18/h5-10,14H,11-12H2,1-4H3,(H,21,23). The molecule has 6 heteroatoms. The van der Waals surface area contributed by atoms with E-state index in [4.69, 9.17) is 14.2 Å². The summed E-state index contributed by atoms with van der Waals surface area (Å²) in [6.07, 6.45) is 0. The van der Waals surface area contributed by atoms with Crippen LogP contribution < -0.4 is 19.5 Å². The molecule has 6 nitrogen and oxygen atoms in total. The number of aryl methyl sites for hydroxylation is 1. The van der Waals surface area contributed by atoms with Crippen molar-refractivity contribution in [2.45, 2.75) is 26.4 Å². The smallest absolute Gasteiger partial charge is 0.241 e. The van der Waals surface area contributed by atoms with Crippen LogP contribution in [0.5, 0.6) is 17.2 Å². The Morgan fingerprint density at radius 3 is 2.77 bits per heavy atom. The van der Waals surface area contributed by atoms with Crippen LogP contribution in [-0.4, -0.2) is 37.8 Å². The average Bonchev–Trinajstić information content (AvgIpc) is 3.09. The van der Waals surface area contributed by atoms with E-state index in [-0.39, 0.29) is 18.7 Å². The van der Waals surface area contributed by atoms with Gasteiger partial charge in [-0.25, -0.2) is 0 Å². The van der Waals surface area contributed by atoms with Crippen molar-refractivity contribution in [1.82, 2.24) is 4.90 Å². The molecule has 138 valence electrons. The number of nitrogens with one attached hydrogen (secondary N) is 1. The fourth-order valence-electron chi connectivity index (χ4n) is 2.82. The van der Waals surface area contributed by atoms with E-state index in [0.29, 0.717) is 18.0 Å². The Morgan fingerprint density at radius 1 is 1.23 bits per heavy atom. The van der Waals surface area contributed by atoms with Gasteiger partial charge in [-0.1, -0.05) is 12.1 Å². The van der Waals surface area contributed by atoms with Gasteiger partial charge in [-0.2, -0.15) is 0 Å². The number of nitrogens with zero attached hydrogens (tertiary/aromatic N) is 1. The summed E-state index contributed by atoms with van der Waals surface area (Å²) in [4.78, 5) is 14.6. The van der Waals surface area contributed by atoms with Gasteiger partial charge >= 0.3 is 0 Å². The number of amides is 1. The van der Waals surface area contributed by atoms with E-state index in [2.05, 4.69) is 5.32 Å². The second-order valence-corrected chi connectivity index (χ2v) is 6.47. The number of carbonyl (C=O) groups excluding carboxylic acids is 1. The fraction of sp³-hybridized carbons (Fsp3) is 0.350. The third-order valence-corrected chi connectivity index (χ3v) is 4.52. The van der Waals surface area contributed by atoms with E-state index in [1.165, 1.54) is 0 Å². The van der Waals surface area contributed by atoms with E-state index >= 15 is 0 Å². The Hall–Kier alpha value is -2.73. The van der Waals surface area contributed by atoms with Gasteiger partial charge in [0.2, 0.25) is 12.7 Å². The third-order valence-electron chi connectivity index (χ3n) is 4.52. The van der Waals surface area contributed by atoms with Gasteiger partial charge in [0.15, 0.2) is 11.5 Å². The quantitative estimate of drug-likeness (QED) is 0.861. The number of ether oxygens (including phenoxy) is 3. The van der Waals surface area contributed by atoms with Crippen LogP contribution >= 0.6 is 0 Å². The molecular formula is C20H24N2O4. The summed E-state index contributed by atoms with van der Waals surface area (Å²) in [5.41, 5.74) is 2.80. The molecule has 1 N–H and O–H groups in total. The molecule has 26 heavy (non-hydrogen) atoms. The highest BCUT2D eigenvalue weighted by atomic mass is 16.7. The van der Waals surface area contributed by atoms with Crippen molar-refractivity contribution in [3.63, 3.8) is 0 Å². The fourth-order valence-corrected chi connectivity index (χ4v) is 2.82. The number of hydrogen-bond donors (Lipinski definition) is 1. The molecule has 1 amide bonds. The van der Waals surface area contributed by atoms with E-state index < -0.39 is 0 Å². The van der Waals surface area contributed by atoms with Crippen molar-refractivity contribution in [2.75, 3.05) is 26.3 Å². The van der Waals surface area contributed by atoms with Crippen LogP contribution in [0.25, 0.3) is 0 Å². The third kappa shape index (κ3) is 3.91. The lowest BCUT2D eigenvalue weighted by Crippen LogP contribution is -2.39. The maximum absolute atomic E-state index is 12.7. The first kappa shape index (κ1) is 18.1. The molecule has 0 aliphatic carbocycles. The van der Waals surface area contributed by atoms with Gasteiger partial charge in [0.05, 0.1) is 18.8 Å². The normalized spacial score (nSPS) is 13.6. The second kappa shape index (κ2) is 7.66. The number of methoxy groups -OCH3 is 1.